The maximum atomic E-state index is 12.5. The van der Waals surface area contributed by atoms with Gasteiger partial charge in [0.2, 0.25) is 0 Å². The first kappa shape index (κ1) is 15.9. The van der Waals surface area contributed by atoms with Crippen molar-refractivity contribution in [2.24, 2.45) is 0 Å². The van der Waals surface area contributed by atoms with Gasteiger partial charge < -0.3 is 9.32 Å². The van der Waals surface area contributed by atoms with Crippen LogP contribution in [-0.2, 0) is 10.0 Å². The molecule has 2 aromatic rings. The molecule has 1 heterocycles. The molecule has 0 atom stereocenters. The van der Waals surface area contributed by atoms with Crippen LogP contribution in [0.15, 0.2) is 33.6 Å². The minimum atomic E-state index is -3.81. The number of sulfonamides is 1. The Hall–Kier alpha value is -2.46. The Labute approximate surface area is 130 Å². The van der Waals surface area contributed by atoms with Gasteiger partial charge in [-0.2, -0.15) is 5.26 Å². The van der Waals surface area contributed by atoms with Gasteiger partial charge in [-0.15, -0.1) is 0 Å². The maximum Gasteiger partial charge on any atom is 0.265 e. The van der Waals surface area contributed by atoms with E-state index in [-0.39, 0.29) is 16.1 Å². The van der Waals surface area contributed by atoms with E-state index in [0.29, 0.717) is 11.5 Å². The zero-order chi connectivity index (χ0) is 16.5. The number of hydrogen-bond donors (Lipinski definition) is 1. The van der Waals surface area contributed by atoms with Crippen LogP contribution in [0.3, 0.4) is 0 Å². The number of nitriles is 1. The molecule has 2 rings (SSSR count). The molecule has 0 aliphatic carbocycles. The van der Waals surface area contributed by atoms with Gasteiger partial charge in [0.05, 0.1) is 11.3 Å². The second kappa shape index (κ2) is 5.73. The van der Waals surface area contributed by atoms with Crippen LogP contribution < -0.4 is 9.62 Å². The highest BCUT2D eigenvalue weighted by Crippen LogP contribution is 2.27. The molecule has 0 fully saturated rings. The van der Waals surface area contributed by atoms with Gasteiger partial charge >= 0.3 is 0 Å². The Morgan fingerprint density at radius 1 is 1.23 bits per heavy atom. The lowest BCUT2D eigenvalue weighted by atomic mass is 10.2. The summed E-state index contributed by atoms with van der Waals surface area (Å²) in [5.74, 6) is 0.827. The van der Waals surface area contributed by atoms with E-state index in [2.05, 4.69) is 4.72 Å². The van der Waals surface area contributed by atoms with Crippen LogP contribution >= 0.6 is 0 Å². The molecule has 1 N–H and O–H groups in total. The molecule has 6 nitrogen and oxygen atoms in total. The van der Waals surface area contributed by atoms with E-state index < -0.39 is 10.0 Å². The number of nitrogens with zero attached hydrogens (tertiary/aromatic N) is 2. The smallest absolute Gasteiger partial charge is 0.265 e. The molecule has 0 unspecified atom stereocenters. The Kier molecular flexibility index (Phi) is 4.15. The van der Waals surface area contributed by atoms with Gasteiger partial charge in [0, 0.05) is 25.8 Å². The zero-order valence-corrected chi connectivity index (χ0v) is 13.7. The fourth-order valence-corrected chi connectivity index (χ4v) is 3.38. The quantitative estimate of drug-likeness (QED) is 0.936. The van der Waals surface area contributed by atoms with Crippen molar-refractivity contribution in [1.29, 1.82) is 5.26 Å². The lowest BCUT2D eigenvalue weighted by molar-refractivity contribution is 0.496. The fourth-order valence-electron chi connectivity index (χ4n) is 2.07. The number of aryl methyl sites for hydroxylation is 2. The average molecular weight is 319 g/mol. The molecule has 0 saturated carbocycles. The van der Waals surface area contributed by atoms with Gasteiger partial charge in [-0.05, 0) is 32.0 Å². The van der Waals surface area contributed by atoms with Gasteiger partial charge in [-0.1, -0.05) is 0 Å². The van der Waals surface area contributed by atoms with E-state index in [1.807, 2.05) is 25.1 Å². The topological polar surface area (TPSA) is 86.3 Å². The van der Waals surface area contributed by atoms with Crippen LogP contribution in [0.2, 0.25) is 0 Å². The van der Waals surface area contributed by atoms with E-state index in [0.717, 1.165) is 5.69 Å². The van der Waals surface area contributed by atoms with Crippen LogP contribution in [0, 0.1) is 25.2 Å². The summed E-state index contributed by atoms with van der Waals surface area (Å²) in [5, 5.41) is 9.16. The van der Waals surface area contributed by atoms with Crippen molar-refractivity contribution in [3.63, 3.8) is 0 Å². The van der Waals surface area contributed by atoms with Crippen molar-refractivity contribution in [3.05, 3.63) is 41.3 Å². The number of benzene rings is 1. The van der Waals surface area contributed by atoms with Gasteiger partial charge in [0.25, 0.3) is 10.0 Å². The first-order chi connectivity index (χ1) is 10.2. The van der Waals surface area contributed by atoms with Crippen LogP contribution in [0.25, 0.3) is 0 Å². The van der Waals surface area contributed by atoms with Crippen LogP contribution in [0.1, 0.15) is 17.1 Å². The Bertz CT molecular complexity index is 845. The van der Waals surface area contributed by atoms with Crippen molar-refractivity contribution in [1.82, 2.24) is 0 Å². The lowest BCUT2D eigenvalue weighted by Gasteiger charge is -2.15. The molecule has 1 aromatic carbocycles. The molecule has 1 aromatic heterocycles. The molecular weight excluding hydrogens is 302 g/mol. The molecule has 0 amide bonds. The van der Waals surface area contributed by atoms with Gasteiger partial charge in [0.15, 0.2) is 0 Å². The first-order valence-electron chi connectivity index (χ1n) is 6.56. The van der Waals surface area contributed by atoms with Crippen LogP contribution in [-0.4, -0.2) is 22.5 Å². The second-order valence-electron chi connectivity index (χ2n) is 5.12. The monoisotopic (exact) mass is 319 g/mol. The largest absolute Gasteiger partial charge is 0.465 e. The fraction of sp³-hybridized carbons (Fsp3) is 0.267. The Morgan fingerprint density at radius 3 is 2.41 bits per heavy atom. The molecule has 0 aliphatic heterocycles. The number of nitrogens with one attached hydrogen (secondary N) is 1. The number of furan rings is 1. The average Bonchev–Trinajstić information content (AvgIpc) is 2.78. The van der Waals surface area contributed by atoms with Crippen LogP contribution in [0.5, 0.6) is 0 Å². The van der Waals surface area contributed by atoms with E-state index in [9.17, 15) is 8.42 Å². The standard InChI is InChI=1S/C15H17N3O3S/c1-10-7-15(11(2)21-10)22(19,20)17-14-8-13(18(3)4)6-5-12(14)9-16/h5-8,17H,1-4H3. The highest BCUT2D eigenvalue weighted by Gasteiger charge is 2.22. The summed E-state index contributed by atoms with van der Waals surface area (Å²) in [7, 11) is -0.138. The van der Waals surface area contributed by atoms with Crippen molar-refractivity contribution in [3.8, 4) is 6.07 Å². The van der Waals surface area contributed by atoms with Gasteiger partial charge in [-0.25, -0.2) is 8.42 Å². The minimum Gasteiger partial charge on any atom is -0.465 e. The lowest BCUT2D eigenvalue weighted by Crippen LogP contribution is -2.15. The minimum absolute atomic E-state index is 0.0733. The summed E-state index contributed by atoms with van der Waals surface area (Å²) >= 11 is 0. The molecule has 0 bridgehead atoms. The third kappa shape index (κ3) is 3.07. The molecule has 0 radical (unpaired) electrons. The van der Waals surface area contributed by atoms with Crippen molar-refractivity contribution in [2.75, 3.05) is 23.7 Å². The highest BCUT2D eigenvalue weighted by molar-refractivity contribution is 7.92. The van der Waals surface area contributed by atoms with Gasteiger partial charge in [0.1, 0.15) is 22.5 Å². The summed E-state index contributed by atoms with van der Waals surface area (Å²) in [6.07, 6.45) is 0. The van der Waals surface area contributed by atoms with E-state index in [1.165, 1.54) is 6.07 Å². The summed E-state index contributed by atoms with van der Waals surface area (Å²) in [6, 6.07) is 8.41. The Balaban J connectivity index is 2.47. The van der Waals surface area contributed by atoms with E-state index in [1.54, 1.807) is 32.0 Å². The SMILES string of the molecule is Cc1cc(S(=O)(=O)Nc2cc(N(C)C)ccc2C#N)c(C)o1. The summed E-state index contributed by atoms with van der Waals surface area (Å²) < 4.78 is 32.7. The molecule has 0 aliphatic rings. The third-order valence-corrected chi connectivity index (χ3v) is 4.64. The summed E-state index contributed by atoms with van der Waals surface area (Å²) in [6.45, 7) is 3.27. The third-order valence-electron chi connectivity index (χ3n) is 3.17. The zero-order valence-electron chi connectivity index (χ0n) is 12.8. The number of anilines is 2. The maximum absolute atomic E-state index is 12.5. The summed E-state index contributed by atoms with van der Waals surface area (Å²) in [4.78, 5) is 1.90. The first-order valence-corrected chi connectivity index (χ1v) is 8.04. The normalized spacial score (nSPS) is 11.0. The van der Waals surface area contributed by atoms with E-state index >= 15 is 0 Å². The number of rotatable bonds is 4. The van der Waals surface area contributed by atoms with Crippen molar-refractivity contribution < 1.29 is 12.8 Å². The summed E-state index contributed by atoms with van der Waals surface area (Å²) in [5.41, 5.74) is 1.29. The molecule has 7 heteroatoms. The predicted octanol–water partition coefficient (Wildman–Crippen LogP) is 2.63. The van der Waals surface area contributed by atoms with Crippen LogP contribution in [0.4, 0.5) is 11.4 Å². The second-order valence-corrected chi connectivity index (χ2v) is 6.77. The molecule has 22 heavy (non-hydrogen) atoms. The highest BCUT2D eigenvalue weighted by atomic mass is 32.2. The molecule has 0 spiro atoms. The Morgan fingerprint density at radius 2 is 1.91 bits per heavy atom. The number of hydrogen-bond acceptors (Lipinski definition) is 5. The molecule has 116 valence electrons. The predicted molar refractivity (Wildman–Crippen MR) is 84.5 cm³/mol. The van der Waals surface area contributed by atoms with Crippen molar-refractivity contribution in [2.45, 2.75) is 18.7 Å². The van der Waals surface area contributed by atoms with E-state index in [4.69, 9.17) is 9.68 Å². The van der Waals surface area contributed by atoms with Gasteiger partial charge in [-0.3, -0.25) is 4.72 Å². The molecular formula is C15H17N3O3S. The van der Waals surface area contributed by atoms with Crippen molar-refractivity contribution >= 4 is 21.4 Å². The molecule has 0 saturated heterocycles.